The molecule has 1 rings (SSSR count). The number of halogens is 2. The lowest BCUT2D eigenvalue weighted by atomic mass is 9.80. The fourth-order valence-corrected chi connectivity index (χ4v) is 3.12. The molecule has 1 aromatic rings. The number of aliphatic hydroxyl groups excluding tert-OH is 1. The van der Waals surface area contributed by atoms with Crippen LogP contribution in [0.2, 0.25) is 0 Å². The molecule has 0 aliphatic carbocycles. The molecule has 0 aliphatic rings. The molecule has 1 unspecified atom stereocenters. The third-order valence-electron chi connectivity index (χ3n) is 4.38. The lowest BCUT2D eigenvalue weighted by Gasteiger charge is -2.46. The van der Waals surface area contributed by atoms with E-state index in [1.54, 1.807) is 0 Å². The quantitative estimate of drug-likeness (QED) is 0.821. The Balaban J connectivity index is 3.29. The standard InChI is InChI=1S/C16H25F2NO/c1-5-16(6-2,19(7-3)8-4)15(20)13-11-12(17)9-10-14(13)18/h9-11,15,20H,5-8H2,1-4H3. The van der Waals surface area contributed by atoms with Gasteiger partial charge in [0.2, 0.25) is 0 Å². The third kappa shape index (κ3) is 3.01. The number of hydrogen-bond donors (Lipinski definition) is 1. The Morgan fingerprint density at radius 1 is 1.10 bits per heavy atom. The fourth-order valence-electron chi connectivity index (χ4n) is 3.12. The highest BCUT2D eigenvalue weighted by atomic mass is 19.1. The molecule has 1 N–H and O–H groups in total. The van der Waals surface area contributed by atoms with Gasteiger partial charge in [0, 0.05) is 5.56 Å². The molecule has 4 heteroatoms. The summed E-state index contributed by atoms with van der Waals surface area (Å²) < 4.78 is 27.3. The molecule has 0 saturated heterocycles. The Bertz CT molecular complexity index is 428. The van der Waals surface area contributed by atoms with Crippen molar-refractivity contribution in [1.82, 2.24) is 4.90 Å². The maximum atomic E-state index is 13.9. The SMILES string of the molecule is CCN(CC)C(CC)(CC)C(O)c1cc(F)ccc1F. The van der Waals surface area contributed by atoms with Crippen molar-refractivity contribution in [2.45, 2.75) is 52.2 Å². The van der Waals surface area contributed by atoms with Gasteiger partial charge in [0.25, 0.3) is 0 Å². The van der Waals surface area contributed by atoms with Crippen molar-refractivity contribution in [1.29, 1.82) is 0 Å². The molecule has 0 bridgehead atoms. The van der Waals surface area contributed by atoms with Gasteiger partial charge in [-0.25, -0.2) is 8.78 Å². The fraction of sp³-hybridized carbons (Fsp3) is 0.625. The Morgan fingerprint density at radius 2 is 1.65 bits per heavy atom. The molecular weight excluding hydrogens is 260 g/mol. The molecule has 0 spiro atoms. The van der Waals surface area contributed by atoms with Crippen LogP contribution < -0.4 is 0 Å². The molecule has 0 amide bonds. The zero-order chi connectivity index (χ0) is 15.3. The number of hydrogen-bond acceptors (Lipinski definition) is 2. The van der Waals surface area contributed by atoms with Gasteiger partial charge in [-0.05, 0) is 44.1 Å². The van der Waals surface area contributed by atoms with Crippen LogP contribution >= 0.6 is 0 Å². The Hall–Kier alpha value is -1.00. The van der Waals surface area contributed by atoms with Crippen LogP contribution in [0.1, 0.15) is 52.2 Å². The van der Waals surface area contributed by atoms with Crippen LogP contribution in [0.4, 0.5) is 8.78 Å². The van der Waals surface area contributed by atoms with Gasteiger partial charge in [-0.3, -0.25) is 4.90 Å². The van der Waals surface area contributed by atoms with Crippen LogP contribution in [0.15, 0.2) is 18.2 Å². The Morgan fingerprint density at radius 3 is 2.10 bits per heavy atom. The monoisotopic (exact) mass is 285 g/mol. The van der Waals surface area contributed by atoms with Crippen LogP contribution in [0.25, 0.3) is 0 Å². The van der Waals surface area contributed by atoms with E-state index in [0.717, 1.165) is 31.3 Å². The van der Waals surface area contributed by atoms with Gasteiger partial charge >= 0.3 is 0 Å². The highest BCUT2D eigenvalue weighted by molar-refractivity contribution is 5.24. The van der Waals surface area contributed by atoms with Crippen molar-refractivity contribution in [3.63, 3.8) is 0 Å². The van der Waals surface area contributed by atoms with E-state index in [1.165, 1.54) is 0 Å². The van der Waals surface area contributed by atoms with E-state index in [-0.39, 0.29) is 5.56 Å². The number of aliphatic hydroxyl groups is 1. The molecule has 0 radical (unpaired) electrons. The summed E-state index contributed by atoms with van der Waals surface area (Å²) in [4.78, 5) is 2.13. The van der Waals surface area contributed by atoms with Crippen LogP contribution in [0.3, 0.4) is 0 Å². The minimum absolute atomic E-state index is 0.0422. The van der Waals surface area contributed by atoms with E-state index >= 15 is 0 Å². The Kier molecular flexibility index (Phi) is 6.08. The van der Waals surface area contributed by atoms with Crippen LogP contribution in [0.5, 0.6) is 0 Å². The van der Waals surface area contributed by atoms with E-state index in [2.05, 4.69) is 4.90 Å². The van der Waals surface area contributed by atoms with Gasteiger partial charge in [0.1, 0.15) is 17.7 Å². The topological polar surface area (TPSA) is 23.5 Å². The molecule has 0 aromatic heterocycles. The van der Waals surface area contributed by atoms with Crippen LogP contribution in [0, 0.1) is 11.6 Å². The normalized spacial score (nSPS) is 13.8. The minimum atomic E-state index is -1.05. The van der Waals surface area contributed by atoms with Crippen molar-refractivity contribution in [3.05, 3.63) is 35.4 Å². The predicted molar refractivity (Wildman–Crippen MR) is 77.6 cm³/mol. The first-order valence-corrected chi connectivity index (χ1v) is 7.34. The summed E-state index contributed by atoms with van der Waals surface area (Å²) in [5.74, 6) is -1.08. The number of rotatable bonds is 7. The van der Waals surface area contributed by atoms with Gasteiger partial charge in [-0.2, -0.15) is 0 Å². The second-order valence-corrected chi connectivity index (χ2v) is 5.05. The second kappa shape index (κ2) is 7.14. The molecule has 114 valence electrons. The number of benzene rings is 1. The lowest BCUT2D eigenvalue weighted by molar-refractivity contribution is -0.0383. The van der Waals surface area contributed by atoms with E-state index in [1.807, 2.05) is 27.7 Å². The van der Waals surface area contributed by atoms with Crippen LogP contribution in [-0.2, 0) is 0 Å². The first kappa shape index (κ1) is 17.1. The van der Waals surface area contributed by atoms with E-state index in [0.29, 0.717) is 12.8 Å². The molecule has 0 aliphatic heterocycles. The molecule has 1 atom stereocenters. The van der Waals surface area contributed by atoms with Gasteiger partial charge in [-0.1, -0.05) is 27.7 Å². The first-order valence-electron chi connectivity index (χ1n) is 7.34. The van der Waals surface area contributed by atoms with Crippen molar-refractivity contribution in [2.24, 2.45) is 0 Å². The van der Waals surface area contributed by atoms with Crippen LogP contribution in [-0.4, -0.2) is 28.6 Å². The summed E-state index contributed by atoms with van der Waals surface area (Å²) in [5.41, 5.74) is -0.529. The second-order valence-electron chi connectivity index (χ2n) is 5.05. The van der Waals surface area contributed by atoms with Gasteiger partial charge in [-0.15, -0.1) is 0 Å². The smallest absolute Gasteiger partial charge is 0.129 e. The molecule has 2 nitrogen and oxygen atoms in total. The molecule has 1 aromatic carbocycles. The Labute approximate surface area is 120 Å². The number of nitrogens with zero attached hydrogens (tertiary/aromatic N) is 1. The highest BCUT2D eigenvalue weighted by Gasteiger charge is 2.41. The summed E-state index contributed by atoms with van der Waals surface area (Å²) in [6.07, 6.45) is 0.290. The maximum Gasteiger partial charge on any atom is 0.129 e. The van der Waals surface area contributed by atoms with Crippen molar-refractivity contribution < 1.29 is 13.9 Å². The third-order valence-corrected chi connectivity index (χ3v) is 4.38. The minimum Gasteiger partial charge on any atom is -0.386 e. The van der Waals surface area contributed by atoms with Gasteiger partial charge < -0.3 is 5.11 Å². The molecule has 0 heterocycles. The summed E-state index contributed by atoms with van der Waals surface area (Å²) >= 11 is 0. The molecule has 20 heavy (non-hydrogen) atoms. The molecule has 0 fully saturated rings. The first-order chi connectivity index (χ1) is 9.46. The largest absolute Gasteiger partial charge is 0.386 e. The van der Waals surface area contributed by atoms with Crippen molar-refractivity contribution in [3.8, 4) is 0 Å². The van der Waals surface area contributed by atoms with Crippen molar-refractivity contribution in [2.75, 3.05) is 13.1 Å². The highest BCUT2D eigenvalue weighted by Crippen LogP contribution is 2.38. The van der Waals surface area contributed by atoms with Crippen molar-refractivity contribution >= 4 is 0 Å². The van der Waals surface area contributed by atoms with Gasteiger partial charge in [0.05, 0.1) is 5.54 Å². The molecular formula is C16H25F2NO. The predicted octanol–water partition coefficient (Wildman–Crippen LogP) is 3.90. The van der Waals surface area contributed by atoms with E-state index in [4.69, 9.17) is 0 Å². The average Bonchev–Trinajstić information content (AvgIpc) is 2.46. The lowest BCUT2D eigenvalue weighted by Crippen LogP contribution is -2.52. The van der Waals surface area contributed by atoms with E-state index < -0.39 is 23.3 Å². The summed E-state index contributed by atoms with van der Waals surface area (Å²) in [7, 11) is 0. The molecule has 0 saturated carbocycles. The zero-order valence-corrected chi connectivity index (χ0v) is 12.8. The summed E-state index contributed by atoms with van der Waals surface area (Å²) in [5, 5.41) is 10.7. The zero-order valence-electron chi connectivity index (χ0n) is 12.8. The number of likely N-dealkylation sites (N-methyl/N-ethyl adjacent to an activating group) is 1. The maximum absolute atomic E-state index is 13.9. The average molecular weight is 285 g/mol. The summed E-state index contributed by atoms with van der Waals surface area (Å²) in [6.45, 7) is 9.49. The van der Waals surface area contributed by atoms with Gasteiger partial charge in [0.15, 0.2) is 0 Å². The summed E-state index contributed by atoms with van der Waals surface area (Å²) in [6, 6.07) is 3.25. The van der Waals surface area contributed by atoms with E-state index in [9.17, 15) is 13.9 Å².